The van der Waals surface area contributed by atoms with Gasteiger partial charge >= 0.3 is 0 Å². The van der Waals surface area contributed by atoms with Crippen LogP contribution in [0.15, 0.2) is 24.3 Å². The molecular formula is C21H30ClNO3. The number of carbonyl (C=O) groups excluding carboxylic acids is 1. The van der Waals surface area contributed by atoms with Crippen molar-refractivity contribution in [3.63, 3.8) is 0 Å². The summed E-state index contributed by atoms with van der Waals surface area (Å²) < 4.78 is 11.1. The van der Waals surface area contributed by atoms with Gasteiger partial charge in [-0.2, -0.15) is 0 Å². The van der Waals surface area contributed by atoms with Crippen LogP contribution in [0.2, 0.25) is 0 Å². The van der Waals surface area contributed by atoms with Gasteiger partial charge in [-0.15, -0.1) is 11.6 Å². The zero-order chi connectivity index (χ0) is 18.8. The fourth-order valence-electron chi connectivity index (χ4n) is 3.11. The fourth-order valence-corrected chi connectivity index (χ4v) is 3.30. The maximum absolute atomic E-state index is 12.1. The Morgan fingerprint density at radius 2 is 2.00 bits per heavy atom. The van der Waals surface area contributed by atoms with Crippen LogP contribution < -0.4 is 14.8 Å². The van der Waals surface area contributed by atoms with Crippen molar-refractivity contribution < 1.29 is 14.3 Å². The van der Waals surface area contributed by atoms with Crippen LogP contribution in [0.25, 0.3) is 6.08 Å². The summed E-state index contributed by atoms with van der Waals surface area (Å²) in [7, 11) is 1.62. The lowest BCUT2D eigenvalue weighted by atomic mass is 9.87. The van der Waals surface area contributed by atoms with E-state index in [1.54, 1.807) is 19.3 Å². The van der Waals surface area contributed by atoms with Crippen LogP contribution in [0.1, 0.15) is 51.0 Å². The SMILES string of the molecule is COc1cc(/C=C/C(=O)NC2CCC(C)CC2)ccc1OCCCCCl. The van der Waals surface area contributed by atoms with E-state index in [9.17, 15) is 4.79 Å². The molecule has 1 aromatic carbocycles. The Balaban J connectivity index is 1.87. The first-order valence-electron chi connectivity index (χ1n) is 9.47. The molecule has 0 bridgehead atoms. The molecule has 1 aliphatic rings. The smallest absolute Gasteiger partial charge is 0.244 e. The molecular weight excluding hydrogens is 350 g/mol. The Bertz CT molecular complexity index is 595. The van der Waals surface area contributed by atoms with Crippen LogP contribution in [-0.2, 0) is 4.79 Å². The number of ether oxygens (including phenoxy) is 2. The Kier molecular flexibility index (Phi) is 8.82. The number of methoxy groups -OCH3 is 1. The molecule has 2 rings (SSSR count). The van der Waals surface area contributed by atoms with Gasteiger partial charge in [0.15, 0.2) is 11.5 Å². The summed E-state index contributed by atoms with van der Waals surface area (Å²) in [5, 5.41) is 3.10. The fraction of sp³-hybridized carbons (Fsp3) is 0.571. The first-order chi connectivity index (χ1) is 12.6. The lowest BCUT2D eigenvalue weighted by Crippen LogP contribution is -2.36. The second-order valence-electron chi connectivity index (χ2n) is 6.95. The Morgan fingerprint density at radius 1 is 1.23 bits per heavy atom. The zero-order valence-corrected chi connectivity index (χ0v) is 16.6. The summed E-state index contributed by atoms with van der Waals surface area (Å²) in [6.45, 7) is 2.89. The molecule has 1 N–H and O–H groups in total. The second-order valence-corrected chi connectivity index (χ2v) is 7.33. The Morgan fingerprint density at radius 3 is 2.69 bits per heavy atom. The molecule has 1 amide bonds. The standard InChI is InChI=1S/C21H30ClNO3/c1-16-5-9-18(10-6-16)23-21(24)12-8-17-7-11-19(20(15-17)25-2)26-14-4-3-13-22/h7-8,11-12,15-16,18H,3-6,9-10,13-14H2,1-2H3,(H,23,24)/b12-8+. The number of hydrogen-bond donors (Lipinski definition) is 1. The summed E-state index contributed by atoms with van der Waals surface area (Å²) in [6, 6.07) is 5.98. The van der Waals surface area contributed by atoms with E-state index in [2.05, 4.69) is 12.2 Å². The Labute approximate surface area is 161 Å². The molecule has 0 heterocycles. The van der Waals surface area contributed by atoms with Gasteiger partial charge < -0.3 is 14.8 Å². The summed E-state index contributed by atoms with van der Waals surface area (Å²) in [5.41, 5.74) is 0.905. The van der Waals surface area contributed by atoms with Crippen molar-refractivity contribution in [2.75, 3.05) is 19.6 Å². The van der Waals surface area contributed by atoms with Crippen LogP contribution in [0.5, 0.6) is 11.5 Å². The van der Waals surface area contributed by atoms with Crippen LogP contribution in [0.4, 0.5) is 0 Å². The molecule has 0 saturated heterocycles. The topological polar surface area (TPSA) is 47.6 Å². The molecule has 26 heavy (non-hydrogen) atoms. The number of carbonyl (C=O) groups is 1. The zero-order valence-electron chi connectivity index (χ0n) is 15.8. The highest BCUT2D eigenvalue weighted by atomic mass is 35.5. The van der Waals surface area contributed by atoms with E-state index in [1.165, 1.54) is 12.8 Å². The van der Waals surface area contributed by atoms with Gasteiger partial charge in [-0.3, -0.25) is 4.79 Å². The van der Waals surface area contributed by atoms with Gasteiger partial charge in [0.1, 0.15) is 0 Å². The second kappa shape index (κ2) is 11.1. The predicted octanol–water partition coefficient (Wildman–Crippen LogP) is 4.80. The summed E-state index contributed by atoms with van der Waals surface area (Å²) in [5.74, 6) is 2.76. The molecule has 144 valence electrons. The molecule has 1 aliphatic carbocycles. The van der Waals surface area contributed by atoms with E-state index in [-0.39, 0.29) is 5.91 Å². The molecule has 0 spiro atoms. The molecule has 1 aromatic rings. The predicted molar refractivity (Wildman–Crippen MR) is 107 cm³/mol. The highest BCUT2D eigenvalue weighted by Gasteiger charge is 2.18. The number of benzene rings is 1. The lowest BCUT2D eigenvalue weighted by molar-refractivity contribution is -0.117. The highest BCUT2D eigenvalue weighted by Crippen LogP contribution is 2.29. The number of hydrogen-bond acceptors (Lipinski definition) is 3. The van der Waals surface area contributed by atoms with E-state index in [0.717, 1.165) is 37.2 Å². The van der Waals surface area contributed by atoms with Crippen LogP contribution >= 0.6 is 11.6 Å². The molecule has 4 nitrogen and oxygen atoms in total. The maximum Gasteiger partial charge on any atom is 0.244 e. The average molecular weight is 380 g/mol. The van der Waals surface area contributed by atoms with Crippen molar-refractivity contribution in [2.45, 2.75) is 51.5 Å². The third-order valence-electron chi connectivity index (χ3n) is 4.76. The van der Waals surface area contributed by atoms with Crippen LogP contribution in [0.3, 0.4) is 0 Å². The van der Waals surface area contributed by atoms with Crippen molar-refractivity contribution in [3.8, 4) is 11.5 Å². The lowest BCUT2D eigenvalue weighted by Gasteiger charge is -2.26. The van der Waals surface area contributed by atoms with Gasteiger partial charge in [-0.05, 0) is 68.2 Å². The third kappa shape index (κ3) is 6.91. The first-order valence-corrected chi connectivity index (χ1v) is 10.0. The number of amides is 1. The summed E-state index contributed by atoms with van der Waals surface area (Å²) in [6.07, 6.45) is 9.77. The average Bonchev–Trinajstić information content (AvgIpc) is 2.66. The van der Waals surface area contributed by atoms with E-state index in [0.29, 0.717) is 30.0 Å². The van der Waals surface area contributed by atoms with Gasteiger partial charge in [-0.25, -0.2) is 0 Å². The number of alkyl halides is 1. The molecule has 5 heteroatoms. The number of nitrogens with one attached hydrogen (secondary N) is 1. The van der Waals surface area contributed by atoms with Gasteiger partial charge in [0.05, 0.1) is 13.7 Å². The van der Waals surface area contributed by atoms with Crippen molar-refractivity contribution in [1.82, 2.24) is 5.32 Å². The molecule has 0 aliphatic heterocycles. The minimum atomic E-state index is -0.0371. The largest absolute Gasteiger partial charge is 0.493 e. The van der Waals surface area contributed by atoms with Gasteiger partial charge in [-0.1, -0.05) is 13.0 Å². The summed E-state index contributed by atoms with van der Waals surface area (Å²) >= 11 is 5.67. The van der Waals surface area contributed by atoms with Crippen LogP contribution in [-0.4, -0.2) is 31.5 Å². The minimum Gasteiger partial charge on any atom is -0.493 e. The monoisotopic (exact) mass is 379 g/mol. The number of halogens is 1. The van der Waals surface area contributed by atoms with E-state index in [1.807, 2.05) is 18.2 Å². The van der Waals surface area contributed by atoms with Crippen molar-refractivity contribution in [2.24, 2.45) is 5.92 Å². The highest BCUT2D eigenvalue weighted by molar-refractivity contribution is 6.17. The van der Waals surface area contributed by atoms with E-state index in [4.69, 9.17) is 21.1 Å². The number of unbranched alkanes of at least 4 members (excludes halogenated alkanes) is 1. The first kappa shape index (κ1) is 20.6. The molecule has 1 saturated carbocycles. The Hall–Kier alpha value is -1.68. The molecule has 1 fully saturated rings. The van der Waals surface area contributed by atoms with Crippen molar-refractivity contribution in [1.29, 1.82) is 0 Å². The van der Waals surface area contributed by atoms with Crippen LogP contribution in [0, 0.1) is 5.92 Å². The summed E-state index contributed by atoms with van der Waals surface area (Å²) in [4.78, 5) is 12.1. The molecule has 0 radical (unpaired) electrons. The molecule has 0 atom stereocenters. The van der Waals surface area contributed by atoms with Gasteiger partial charge in [0.25, 0.3) is 0 Å². The maximum atomic E-state index is 12.1. The van der Waals surface area contributed by atoms with Gasteiger partial charge in [0, 0.05) is 18.0 Å². The van der Waals surface area contributed by atoms with Crippen molar-refractivity contribution >= 4 is 23.6 Å². The van der Waals surface area contributed by atoms with E-state index < -0.39 is 0 Å². The normalized spacial score (nSPS) is 20.1. The molecule has 0 aromatic heterocycles. The van der Waals surface area contributed by atoms with E-state index >= 15 is 0 Å². The number of rotatable bonds is 9. The third-order valence-corrected chi connectivity index (χ3v) is 5.03. The van der Waals surface area contributed by atoms with Gasteiger partial charge in [0.2, 0.25) is 5.91 Å². The van der Waals surface area contributed by atoms with Crippen molar-refractivity contribution in [3.05, 3.63) is 29.8 Å². The molecule has 0 unspecified atom stereocenters. The quantitative estimate of drug-likeness (QED) is 0.381. The minimum absolute atomic E-state index is 0.0371.